The minimum Gasteiger partial charge on any atom is -0.327 e. The highest BCUT2D eigenvalue weighted by Crippen LogP contribution is 2.33. The van der Waals surface area contributed by atoms with Crippen LogP contribution < -0.4 is 0 Å². The van der Waals surface area contributed by atoms with Gasteiger partial charge in [0.1, 0.15) is 12.6 Å². The Morgan fingerprint density at radius 3 is 2.50 bits per heavy atom. The van der Waals surface area contributed by atoms with Crippen LogP contribution in [0.5, 0.6) is 0 Å². The Morgan fingerprint density at radius 2 is 1.67 bits per heavy atom. The van der Waals surface area contributed by atoms with Crippen LogP contribution in [0.15, 0.2) is 60.8 Å². The van der Waals surface area contributed by atoms with Crippen molar-refractivity contribution in [2.24, 2.45) is 0 Å². The Balaban J connectivity index is 1.13. The molecule has 0 bridgehead atoms. The average molecular weight is 483 g/mol. The molecular formula is C30H34N4O2. The molecule has 0 spiro atoms. The highest BCUT2D eigenvalue weighted by atomic mass is 16.2. The van der Waals surface area contributed by atoms with Gasteiger partial charge in [-0.3, -0.25) is 19.5 Å². The second-order valence-corrected chi connectivity index (χ2v) is 10.6. The third-order valence-corrected chi connectivity index (χ3v) is 8.25. The Kier molecular flexibility index (Phi) is 6.45. The summed E-state index contributed by atoms with van der Waals surface area (Å²) < 4.78 is 0. The maximum atomic E-state index is 13.5. The molecule has 2 aliphatic heterocycles. The summed E-state index contributed by atoms with van der Waals surface area (Å²) in [6.07, 6.45) is 8.38. The van der Waals surface area contributed by atoms with Crippen molar-refractivity contribution >= 4 is 22.7 Å². The average Bonchev–Trinajstić information content (AvgIpc) is 2.93. The lowest BCUT2D eigenvalue weighted by atomic mass is 9.84. The molecule has 2 amide bonds. The lowest BCUT2D eigenvalue weighted by Gasteiger charge is -2.46. The van der Waals surface area contributed by atoms with Crippen LogP contribution in [0.1, 0.15) is 54.7 Å². The van der Waals surface area contributed by atoms with Crippen molar-refractivity contribution in [3.63, 3.8) is 0 Å². The first-order valence-electron chi connectivity index (χ1n) is 13.4. The zero-order valence-corrected chi connectivity index (χ0v) is 20.8. The number of carbonyl (C=O) groups is 2. The van der Waals surface area contributed by atoms with E-state index < -0.39 is 6.04 Å². The number of hydrogen-bond acceptors (Lipinski definition) is 4. The van der Waals surface area contributed by atoms with Crippen LogP contribution in [-0.2, 0) is 22.7 Å². The molecule has 3 aliphatic rings. The van der Waals surface area contributed by atoms with Crippen molar-refractivity contribution < 1.29 is 9.59 Å². The normalized spacial score (nSPS) is 21.7. The molecule has 6 nitrogen and oxygen atoms in total. The quantitative estimate of drug-likeness (QED) is 0.543. The fourth-order valence-corrected chi connectivity index (χ4v) is 6.26. The summed E-state index contributed by atoms with van der Waals surface area (Å²) in [4.78, 5) is 36.9. The highest BCUT2D eigenvalue weighted by Gasteiger charge is 2.42. The predicted octanol–water partition coefficient (Wildman–Crippen LogP) is 4.34. The lowest BCUT2D eigenvalue weighted by Crippen LogP contribution is -2.66. The fraction of sp³-hybridized carbons (Fsp3) is 0.433. The van der Waals surface area contributed by atoms with Gasteiger partial charge in [0.15, 0.2) is 0 Å². The first-order chi connectivity index (χ1) is 17.7. The van der Waals surface area contributed by atoms with E-state index in [1.54, 1.807) is 9.80 Å². The van der Waals surface area contributed by atoms with Crippen molar-refractivity contribution in [1.82, 2.24) is 19.7 Å². The van der Waals surface area contributed by atoms with E-state index in [-0.39, 0.29) is 18.4 Å². The van der Waals surface area contributed by atoms with Gasteiger partial charge in [-0.25, -0.2) is 0 Å². The van der Waals surface area contributed by atoms with Crippen molar-refractivity contribution in [1.29, 1.82) is 0 Å². The molecule has 1 unspecified atom stereocenters. The minimum absolute atomic E-state index is 0.0601. The number of benzene rings is 2. The van der Waals surface area contributed by atoms with E-state index in [1.165, 1.54) is 37.7 Å². The van der Waals surface area contributed by atoms with Gasteiger partial charge < -0.3 is 9.80 Å². The SMILES string of the molecule is O=C1C2CN(Cc3cccc4cccnc34)CCN2C(=O)CN1Cc1ccc(C2CCCCC2)cc1. The van der Waals surface area contributed by atoms with E-state index in [0.717, 1.165) is 35.1 Å². The van der Waals surface area contributed by atoms with Crippen molar-refractivity contribution in [3.8, 4) is 0 Å². The molecule has 1 aliphatic carbocycles. The first-order valence-corrected chi connectivity index (χ1v) is 13.4. The van der Waals surface area contributed by atoms with E-state index >= 15 is 0 Å². The molecule has 186 valence electrons. The van der Waals surface area contributed by atoms with E-state index in [9.17, 15) is 9.59 Å². The van der Waals surface area contributed by atoms with Crippen LogP contribution in [0.25, 0.3) is 10.9 Å². The van der Waals surface area contributed by atoms with Gasteiger partial charge in [0, 0.05) is 44.3 Å². The summed E-state index contributed by atoms with van der Waals surface area (Å²) in [5, 5.41) is 1.12. The Labute approximate surface area is 212 Å². The fourth-order valence-electron chi connectivity index (χ4n) is 6.26. The zero-order chi connectivity index (χ0) is 24.5. The van der Waals surface area contributed by atoms with Crippen LogP contribution in [0.3, 0.4) is 0 Å². The topological polar surface area (TPSA) is 56.8 Å². The predicted molar refractivity (Wildman–Crippen MR) is 140 cm³/mol. The number of hydrogen-bond donors (Lipinski definition) is 0. The van der Waals surface area contributed by atoms with Gasteiger partial charge in [-0.1, -0.05) is 67.8 Å². The maximum absolute atomic E-state index is 13.5. The number of fused-ring (bicyclic) bond motifs is 2. The molecule has 1 saturated carbocycles. The number of aromatic nitrogens is 1. The number of piperazine rings is 2. The molecule has 0 radical (unpaired) electrons. The van der Waals surface area contributed by atoms with Crippen molar-refractivity contribution in [3.05, 3.63) is 77.5 Å². The van der Waals surface area contributed by atoms with Gasteiger partial charge in [-0.05, 0) is 41.5 Å². The molecular weight excluding hydrogens is 448 g/mol. The number of carbonyl (C=O) groups excluding carboxylic acids is 2. The monoisotopic (exact) mass is 482 g/mol. The van der Waals surface area contributed by atoms with Gasteiger partial charge in [-0.15, -0.1) is 0 Å². The molecule has 0 N–H and O–H groups in total. The van der Waals surface area contributed by atoms with Gasteiger partial charge in [0.25, 0.3) is 0 Å². The number of amides is 2. The van der Waals surface area contributed by atoms with Gasteiger partial charge >= 0.3 is 0 Å². The van der Waals surface area contributed by atoms with Crippen LogP contribution in [0.2, 0.25) is 0 Å². The Morgan fingerprint density at radius 1 is 0.861 bits per heavy atom. The summed E-state index contributed by atoms with van der Waals surface area (Å²) >= 11 is 0. The molecule has 1 aromatic heterocycles. The summed E-state index contributed by atoms with van der Waals surface area (Å²) in [6, 6.07) is 18.6. The van der Waals surface area contributed by atoms with Crippen LogP contribution in [0, 0.1) is 0 Å². The maximum Gasteiger partial charge on any atom is 0.247 e. The third-order valence-electron chi connectivity index (χ3n) is 8.25. The number of pyridine rings is 1. The minimum atomic E-state index is -0.413. The second kappa shape index (κ2) is 10.0. The van der Waals surface area contributed by atoms with Crippen molar-refractivity contribution in [2.45, 2.75) is 57.2 Å². The van der Waals surface area contributed by atoms with Gasteiger partial charge in [0.05, 0.1) is 5.52 Å². The van der Waals surface area contributed by atoms with Crippen LogP contribution >= 0.6 is 0 Å². The second-order valence-electron chi connectivity index (χ2n) is 10.6. The Bertz CT molecular complexity index is 1250. The molecule has 1 atom stereocenters. The standard InChI is InChI=1S/C30H34N4O2/c35-28-21-33(18-22-11-13-24(14-12-22)23-6-2-1-3-7-23)30(36)27-20-32(16-17-34(27)28)19-26-9-4-8-25-10-5-15-31-29(25)26/h4-5,8-15,23,27H,1-3,6-7,16-21H2. The van der Waals surface area contributed by atoms with E-state index in [1.807, 2.05) is 12.3 Å². The van der Waals surface area contributed by atoms with Crippen LogP contribution in [0.4, 0.5) is 0 Å². The molecule has 2 aromatic carbocycles. The van der Waals surface area contributed by atoms with E-state index in [0.29, 0.717) is 25.6 Å². The number of para-hydroxylation sites is 1. The largest absolute Gasteiger partial charge is 0.327 e. The summed E-state index contributed by atoms with van der Waals surface area (Å²) in [7, 11) is 0. The van der Waals surface area contributed by atoms with Gasteiger partial charge in [-0.2, -0.15) is 0 Å². The van der Waals surface area contributed by atoms with Gasteiger partial charge in [0.2, 0.25) is 11.8 Å². The lowest BCUT2D eigenvalue weighted by molar-refractivity contribution is -0.160. The van der Waals surface area contributed by atoms with E-state index in [2.05, 4.69) is 58.4 Å². The van der Waals surface area contributed by atoms with Crippen molar-refractivity contribution in [2.75, 3.05) is 26.2 Å². The molecule has 36 heavy (non-hydrogen) atoms. The molecule has 6 heteroatoms. The molecule has 2 saturated heterocycles. The molecule has 3 heterocycles. The Hall–Kier alpha value is -3.25. The summed E-state index contributed by atoms with van der Waals surface area (Å²) in [6.45, 7) is 3.31. The van der Waals surface area contributed by atoms with Crippen LogP contribution in [-0.4, -0.2) is 63.7 Å². The molecule has 3 fully saturated rings. The number of rotatable bonds is 5. The summed E-state index contributed by atoms with van der Waals surface area (Å²) in [5.74, 6) is 0.793. The highest BCUT2D eigenvalue weighted by molar-refractivity contribution is 5.95. The van der Waals surface area contributed by atoms with E-state index in [4.69, 9.17) is 0 Å². The first kappa shape index (κ1) is 23.2. The molecule has 3 aromatic rings. The summed E-state index contributed by atoms with van der Waals surface area (Å²) in [5.41, 5.74) is 4.67. The molecule has 6 rings (SSSR count). The smallest absolute Gasteiger partial charge is 0.247 e. The zero-order valence-electron chi connectivity index (χ0n) is 20.8. The number of nitrogens with zero attached hydrogens (tertiary/aromatic N) is 4. The third kappa shape index (κ3) is 4.62.